The van der Waals surface area contributed by atoms with Crippen LogP contribution in [0.1, 0.15) is 29.2 Å². The maximum Gasteiger partial charge on any atom is 0.283 e. The van der Waals surface area contributed by atoms with Gasteiger partial charge in [-0.05, 0) is 19.1 Å². The van der Waals surface area contributed by atoms with Crippen molar-refractivity contribution >= 4 is 29.1 Å². The van der Waals surface area contributed by atoms with Gasteiger partial charge in [0.2, 0.25) is 0 Å². The Morgan fingerprint density at radius 3 is 2.60 bits per heavy atom. The average molecular weight is 492 g/mol. The van der Waals surface area contributed by atoms with Crippen LogP contribution in [0.5, 0.6) is 5.75 Å². The van der Waals surface area contributed by atoms with Gasteiger partial charge in [0.25, 0.3) is 17.2 Å². The summed E-state index contributed by atoms with van der Waals surface area (Å²) in [6.45, 7) is 1.62. The van der Waals surface area contributed by atoms with Crippen molar-refractivity contribution in [1.82, 2.24) is 29.4 Å². The molecule has 0 amide bonds. The SMILES string of the molecule is C.Cc1cc(N)nn1C(=O)c1c(Cl)cccc1OCc1cc(=O)n2[nH]c(-c3ccccc3)nc2n1. The molecular weight excluding hydrogens is 470 g/mol. The van der Waals surface area contributed by atoms with E-state index < -0.39 is 5.91 Å². The van der Waals surface area contributed by atoms with Gasteiger partial charge in [-0.25, -0.2) is 4.98 Å². The Balaban J connectivity index is 0.00000289. The highest BCUT2D eigenvalue weighted by Crippen LogP contribution is 2.28. The van der Waals surface area contributed by atoms with Crippen LogP contribution >= 0.6 is 11.6 Å². The summed E-state index contributed by atoms with van der Waals surface area (Å²) >= 11 is 6.32. The number of aromatic amines is 1. The molecule has 35 heavy (non-hydrogen) atoms. The summed E-state index contributed by atoms with van der Waals surface area (Å²) in [4.78, 5) is 34.5. The molecule has 3 heterocycles. The smallest absolute Gasteiger partial charge is 0.283 e. The molecule has 3 aromatic heterocycles. The van der Waals surface area contributed by atoms with E-state index >= 15 is 0 Å². The number of hydrogen-bond donors (Lipinski definition) is 2. The Hall–Kier alpha value is -4.44. The van der Waals surface area contributed by atoms with Crippen LogP contribution in [0.2, 0.25) is 5.02 Å². The molecule has 0 atom stereocenters. The number of H-pyrrole nitrogens is 1. The summed E-state index contributed by atoms with van der Waals surface area (Å²) in [5.41, 5.74) is 7.21. The molecule has 10 nitrogen and oxygen atoms in total. The Kier molecular flexibility index (Phi) is 6.39. The molecule has 0 aliphatic rings. The molecule has 178 valence electrons. The number of ether oxygens (including phenoxy) is 1. The number of hydrogen-bond acceptors (Lipinski definition) is 7. The number of carbonyl (C=O) groups excluding carboxylic acids is 1. The monoisotopic (exact) mass is 491 g/mol. The molecule has 0 aliphatic heterocycles. The minimum absolute atomic E-state index is 0. The maximum absolute atomic E-state index is 13.1. The molecule has 5 aromatic rings. The zero-order chi connectivity index (χ0) is 23.8. The van der Waals surface area contributed by atoms with E-state index in [9.17, 15) is 9.59 Å². The van der Waals surface area contributed by atoms with Crippen molar-refractivity contribution < 1.29 is 9.53 Å². The van der Waals surface area contributed by atoms with Crippen LogP contribution in [0.3, 0.4) is 0 Å². The molecule has 5 rings (SSSR count). The topological polar surface area (TPSA) is 133 Å². The van der Waals surface area contributed by atoms with E-state index in [1.807, 2.05) is 30.3 Å². The maximum atomic E-state index is 13.1. The lowest BCUT2D eigenvalue weighted by Gasteiger charge is -2.12. The third kappa shape index (κ3) is 4.51. The zero-order valence-corrected chi connectivity index (χ0v) is 18.7. The Morgan fingerprint density at radius 2 is 1.89 bits per heavy atom. The average Bonchev–Trinajstić information content (AvgIpc) is 3.41. The van der Waals surface area contributed by atoms with E-state index in [2.05, 4.69) is 20.2 Å². The van der Waals surface area contributed by atoms with Crippen LogP contribution in [0.15, 0.2) is 65.5 Å². The van der Waals surface area contributed by atoms with E-state index in [1.165, 1.54) is 10.6 Å². The largest absolute Gasteiger partial charge is 0.486 e. The lowest BCUT2D eigenvalue weighted by Crippen LogP contribution is -2.18. The molecule has 0 fully saturated rings. The van der Waals surface area contributed by atoms with Gasteiger partial charge >= 0.3 is 0 Å². The summed E-state index contributed by atoms with van der Waals surface area (Å²) in [6.07, 6.45) is 0. The Bertz CT molecular complexity index is 1590. The summed E-state index contributed by atoms with van der Waals surface area (Å²) in [6, 6.07) is 17.2. The predicted octanol–water partition coefficient (Wildman–Crippen LogP) is 3.73. The van der Waals surface area contributed by atoms with Crippen LogP contribution in [0, 0.1) is 6.92 Å². The molecule has 0 bridgehead atoms. The molecule has 0 aliphatic carbocycles. The normalized spacial score (nSPS) is 10.8. The van der Waals surface area contributed by atoms with Gasteiger partial charge in [-0.1, -0.05) is 55.4 Å². The highest BCUT2D eigenvalue weighted by molar-refractivity contribution is 6.34. The van der Waals surface area contributed by atoms with Gasteiger partial charge in [0, 0.05) is 23.4 Å². The van der Waals surface area contributed by atoms with Crippen molar-refractivity contribution in [3.8, 4) is 17.1 Å². The van der Waals surface area contributed by atoms with E-state index in [0.29, 0.717) is 17.2 Å². The highest BCUT2D eigenvalue weighted by atomic mass is 35.5. The van der Waals surface area contributed by atoms with Crippen molar-refractivity contribution in [1.29, 1.82) is 0 Å². The van der Waals surface area contributed by atoms with Crippen LogP contribution in [0.25, 0.3) is 17.2 Å². The lowest BCUT2D eigenvalue weighted by molar-refractivity contribution is 0.0938. The van der Waals surface area contributed by atoms with Gasteiger partial charge in [-0.15, -0.1) is 5.10 Å². The Labute approximate surface area is 205 Å². The third-order valence-corrected chi connectivity index (χ3v) is 5.41. The number of benzene rings is 2. The fraction of sp³-hybridized carbons (Fsp3) is 0.125. The van der Waals surface area contributed by atoms with Gasteiger partial charge in [0.05, 0.1) is 10.7 Å². The number of nitrogens with one attached hydrogen (secondary N) is 1. The Morgan fingerprint density at radius 1 is 1.11 bits per heavy atom. The number of fused-ring (bicyclic) bond motifs is 1. The number of carbonyl (C=O) groups is 1. The van der Waals surface area contributed by atoms with Crippen molar-refractivity contribution in [3.05, 3.63) is 93.0 Å². The first kappa shape index (κ1) is 23.7. The molecule has 0 spiro atoms. The second kappa shape index (κ2) is 9.43. The van der Waals surface area contributed by atoms with Crippen molar-refractivity contribution in [2.24, 2.45) is 0 Å². The first-order valence-corrected chi connectivity index (χ1v) is 10.6. The lowest BCUT2D eigenvalue weighted by atomic mass is 10.2. The van der Waals surface area contributed by atoms with Gasteiger partial charge in [0.1, 0.15) is 23.7 Å². The van der Waals surface area contributed by atoms with Crippen molar-refractivity contribution in [2.45, 2.75) is 21.0 Å². The number of nitrogen functional groups attached to an aromatic ring is 1. The summed E-state index contributed by atoms with van der Waals surface area (Å²) in [7, 11) is 0. The minimum Gasteiger partial charge on any atom is -0.486 e. The third-order valence-electron chi connectivity index (χ3n) is 5.09. The van der Waals surface area contributed by atoms with E-state index in [1.54, 1.807) is 31.2 Å². The predicted molar refractivity (Wildman–Crippen MR) is 133 cm³/mol. The summed E-state index contributed by atoms with van der Waals surface area (Å²) in [5, 5.41) is 7.16. The number of nitrogens with zero attached hydrogens (tertiary/aromatic N) is 5. The highest BCUT2D eigenvalue weighted by Gasteiger charge is 2.21. The molecule has 0 unspecified atom stereocenters. The minimum atomic E-state index is -0.488. The number of aromatic nitrogens is 6. The first-order valence-electron chi connectivity index (χ1n) is 10.2. The van der Waals surface area contributed by atoms with Crippen molar-refractivity contribution in [2.75, 3.05) is 5.73 Å². The number of rotatable bonds is 5. The van der Waals surface area contributed by atoms with Gasteiger partial charge in [0.15, 0.2) is 5.82 Å². The molecule has 0 saturated carbocycles. The van der Waals surface area contributed by atoms with E-state index in [-0.39, 0.29) is 47.5 Å². The molecule has 3 N–H and O–H groups in total. The summed E-state index contributed by atoms with van der Waals surface area (Å²) < 4.78 is 8.28. The van der Waals surface area contributed by atoms with Gasteiger partial charge < -0.3 is 10.5 Å². The second-order valence-corrected chi connectivity index (χ2v) is 7.90. The quantitative estimate of drug-likeness (QED) is 0.382. The van der Waals surface area contributed by atoms with Gasteiger partial charge in [-0.2, -0.15) is 14.2 Å². The van der Waals surface area contributed by atoms with E-state index in [0.717, 1.165) is 10.2 Å². The van der Waals surface area contributed by atoms with Gasteiger partial charge in [-0.3, -0.25) is 14.7 Å². The summed E-state index contributed by atoms with van der Waals surface area (Å²) in [5.74, 6) is 0.667. The standard InChI is InChI=1S/C23H18ClN7O3.CH4/c1-13-10-18(25)28-30(13)22(33)20-16(24)8-5-9-17(20)34-12-15-11-19(32)31-23(26-15)27-21(29-31)14-6-3-2-4-7-14;/h2-11H,12H2,1H3,(H2,25,28)(H,26,27,29);1H4. The van der Waals surface area contributed by atoms with Crippen LogP contribution in [-0.4, -0.2) is 35.3 Å². The molecular formula is C24H22ClN7O3. The first-order chi connectivity index (χ1) is 16.4. The molecule has 11 heteroatoms. The number of nitrogens with two attached hydrogens (primary N) is 1. The van der Waals surface area contributed by atoms with Crippen LogP contribution in [0.4, 0.5) is 5.82 Å². The van der Waals surface area contributed by atoms with E-state index in [4.69, 9.17) is 22.1 Å². The molecule has 0 radical (unpaired) electrons. The molecule has 2 aromatic carbocycles. The molecule has 0 saturated heterocycles. The number of aryl methyl sites for hydroxylation is 1. The number of halogens is 1. The van der Waals surface area contributed by atoms with Crippen LogP contribution in [-0.2, 0) is 6.61 Å². The fourth-order valence-electron chi connectivity index (χ4n) is 3.52. The second-order valence-electron chi connectivity index (χ2n) is 7.49. The van der Waals surface area contributed by atoms with Crippen LogP contribution < -0.4 is 16.0 Å². The zero-order valence-electron chi connectivity index (χ0n) is 17.9. The fourth-order valence-corrected chi connectivity index (χ4v) is 3.77. The number of anilines is 1. The van der Waals surface area contributed by atoms with Crippen molar-refractivity contribution in [3.63, 3.8) is 0 Å².